The fraction of sp³-hybridized carbons (Fsp3) is 0.733. The fourth-order valence-electron chi connectivity index (χ4n) is 3.71. The third kappa shape index (κ3) is 3.64. The molecule has 2 fully saturated rings. The smallest absolute Gasteiger partial charge is 0.211 e. The molecule has 1 N–H and O–H groups in total. The van der Waals surface area contributed by atoms with Crippen molar-refractivity contribution in [3.05, 3.63) is 18.1 Å². The van der Waals surface area contributed by atoms with Crippen LogP contribution >= 0.6 is 0 Å². The summed E-state index contributed by atoms with van der Waals surface area (Å²) in [6.07, 6.45) is 8.91. The normalized spacial score (nSPS) is 24.9. The summed E-state index contributed by atoms with van der Waals surface area (Å²) in [5, 5.41) is 3.04. The summed E-state index contributed by atoms with van der Waals surface area (Å²) in [6.45, 7) is 2.30. The molecule has 23 heavy (non-hydrogen) atoms. The Morgan fingerprint density at radius 2 is 1.91 bits per heavy atom. The highest BCUT2D eigenvalue weighted by molar-refractivity contribution is 7.88. The molecule has 1 aromatic heterocycles. The molecule has 0 bridgehead atoms. The molecular weight excluding hydrogens is 314 g/mol. The molecule has 3 rings (SSSR count). The summed E-state index contributed by atoms with van der Waals surface area (Å²) >= 11 is 0. The fourth-order valence-corrected chi connectivity index (χ4v) is 4.59. The van der Waals surface area contributed by atoms with E-state index in [1.807, 2.05) is 13.2 Å². The van der Waals surface area contributed by atoms with E-state index in [9.17, 15) is 8.42 Å². The van der Waals surface area contributed by atoms with Crippen molar-refractivity contribution in [3.63, 3.8) is 0 Å². The van der Waals surface area contributed by atoms with E-state index < -0.39 is 10.0 Å². The zero-order chi connectivity index (χ0) is 16.4. The molecular formula is C15H25N5O2S. The number of nitrogens with zero attached hydrogens (tertiary/aromatic N) is 4. The van der Waals surface area contributed by atoms with Gasteiger partial charge in [0.2, 0.25) is 10.0 Å². The summed E-state index contributed by atoms with van der Waals surface area (Å²) in [5.74, 6) is 0.793. The van der Waals surface area contributed by atoms with Crippen LogP contribution in [0.4, 0.5) is 5.82 Å². The number of rotatable bonds is 4. The van der Waals surface area contributed by atoms with E-state index in [2.05, 4.69) is 20.2 Å². The van der Waals surface area contributed by atoms with E-state index in [0.29, 0.717) is 25.2 Å². The summed E-state index contributed by atoms with van der Waals surface area (Å²) in [6, 6.07) is 0.728. The van der Waals surface area contributed by atoms with E-state index >= 15 is 0 Å². The second-order valence-corrected chi connectivity index (χ2v) is 8.35. The molecule has 0 aromatic carbocycles. The number of aromatic nitrogens is 2. The van der Waals surface area contributed by atoms with Crippen molar-refractivity contribution in [1.29, 1.82) is 0 Å². The van der Waals surface area contributed by atoms with Crippen LogP contribution in [0.1, 0.15) is 37.4 Å². The molecule has 128 valence electrons. The van der Waals surface area contributed by atoms with Gasteiger partial charge >= 0.3 is 0 Å². The van der Waals surface area contributed by atoms with Crippen LogP contribution in [0.2, 0.25) is 0 Å². The van der Waals surface area contributed by atoms with E-state index in [1.165, 1.54) is 6.26 Å². The number of hydrogen-bond donors (Lipinski definition) is 1. The molecule has 0 radical (unpaired) electrons. The molecule has 1 aromatic rings. The van der Waals surface area contributed by atoms with Gasteiger partial charge in [-0.2, -0.15) is 0 Å². The topological polar surface area (TPSA) is 78.4 Å². The minimum absolute atomic E-state index is 0.297. The highest BCUT2D eigenvalue weighted by Crippen LogP contribution is 2.35. The zero-order valence-corrected chi connectivity index (χ0v) is 14.6. The Balaban J connectivity index is 1.70. The van der Waals surface area contributed by atoms with Crippen molar-refractivity contribution < 1.29 is 8.42 Å². The average molecular weight is 339 g/mol. The van der Waals surface area contributed by atoms with Gasteiger partial charge in [-0.05, 0) is 32.2 Å². The summed E-state index contributed by atoms with van der Waals surface area (Å²) < 4.78 is 24.9. The third-order valence-corrected chi connectivity index (χ3v) is 6.21. The van der Waals surface area contributed by atoms with Crippen molar-refractivity contribution in [2.75, 3.05) is 38.3 Å². The van der Waals surface area contributed by atoms with Crippen molar-refractivity contribution in [2.45, 2.75) is 37.8 Å². The lowest BCUT2D eigenvalue weighted by Crippen LogP contribution is -2.46. The van der Waals surface area contributed by atoms with Gasteiger partial charge in [0, 0.05) is 26.2 Å². The molecule has 0 saturated carbocycles. The first-order chi connectivity index (χ1) is 11.0. The van der Waals surface area contributed by atoms with Gasteiger partial charge in [-0.3, -0.25) is 9.88 Å². The Morgan fingerprint density at radius 3 is 2.57 bits per heavy atom. The van der Waals surface area contributed by atoms with Crippen molar-refractivity contribution >= 4 is 15.8 Å². The molecule has 8 heteroatoms. The van der Waals surface area contributed by atoms with Gasteiger partial charge in [0.1, 0.15) is 5.82 Å². The van der Waals surface area contributed by atoms with Crippen LogP contribution in [0.3, 0.4) is 0 Å². The summed E-state index contributed by atoms with van der Waals surface area (Å²) in [5.41, 5.74) is 1.01. The Bertz CT molecular complexity index is 643. The monoisotopic (exact) mass is 339 g/mol. The molecule has 7 nitrogen and oxygen atoms in total. The van der Waals surface area contributed by atoms with Crippen molar-refractivity contribution in [1.82, 2.24) is 19.2 Å². The second-order valence-electron chi connectivity index (χ2n) is 6.37. The van der Waals surface area contributed by atoms with Crippen molar-refractivity contribution in [2.24, 2.45) is 0 Å². The maximum atomic E-state index is 11.7. The molecule has 0 spiro atoms. The average Bonchev–Trinajstić information content (AvgIpc) is 3.04. The van der Waals surface area contributed by atoms with E-state index in [1.54, 1.807) is 10.5 Å². The van der Waals surface area contributed by atoms with Crippen LogP contribution < -0.4 is 5.32 Å². The zero-order valence-electron chi connectivity index (χ0n) is 13.8. The van der Waals surface area contributed by atoms with Gasteiger partial charge < -0.3 is 5.32 Å². The Hall–Kier alpha value is -1.25. The van der Waals surface area contributed by atoms with E-state index in [4.69, 9.17) is 0 Å². The molecule has 1 atom stereocenters. The van der Waals surface area contributed by atoms with Gasteiger partial charge in [0.25, 0.3) is 0 Å². The van der Waals surface area contributed by atoms with Crippen LogP contribution in [0, 0.1) is 0 Å². The minimum atomic E-state index is -3.06. The highest BCUT2D eigenvalue weighted by atomic mass is 32.2. The largest absolute Gasteiger partial charge is 0.372 e. The van der Waals surface area contributed by atoms with Gasteiger partial charge in [-0.1, -0.05) is 0 Å². The lowest BCUT2D eigenvalue weighted by Gasteiger charge is -2.38. The molecule has 2 saturated heterocycles. The molecule has 3 heterocycles. The number of hydrogen-bond acceptors (Lipinski definition) is 6. The second kappa shape index (κ2) is 6.70. The van der Waals surface area contributed by atoms with Crippen LogP contribution in [0.15, 0.2) is 12.4 Å². The lowest BCUT2D eigenvalue weighted by atomic mass is 10.0. The minimum Gasteiger partial charge on any atom is -0.372 e. The predicted octanol–water partition coefficient (Wildman–Crippen LogP) is 1.08. The number of piperidine rings is 1. The molecule has 1 unspecified atom stereocenters. The SMILES string of the molecule is CNc1cncc(C2CCCN2C2CCN(S(C)(=O)=O)CC2)n1. The Kier molecular flexibility index (Phi) is 4.84. The van der Waals surface area contributed by atoms with Crippen LogP contribution in [-0.2, 0) is 10.0 Å². The maximum Gasteiger partial charge on any atom is 0.211 e. The Morgan fingerprint density at radius 1 is 1.17 bits per heavy atom. The summed E-state index contributed by atoms with van der Waals surface area (Å²) in [4.78, 5) is 11.4. The number of likely N-dealkylation sites (tertiary alicyclic amines) is 1. The number of anilines is 1. The van der Waals surface area contributed by atoms with Gasteiger partial charge in [-0.15, -0.1) is 0 Å². The Labute approximate surface area is 138 Å². The van der Waals surface area contributed by atoms with Gasteiger partial charge in [0.05, 0.1) is 30.4 Å². The van der Waals surface area contributed by atoms with Gasteiger partial charge in [0.15, 0.2) is 0 Å². The van der Waals surface area contributed by atoms with E-state index in [-0.39, 0.29) is 0 Å². The first kappa shape index (κ1) is 16.6. The molecule has 0 aliphatic carbocycles. The highest BCUT2D eigenvalue weighted by Gasteiger charge is 2.35. The van der Waals surface area contributed by atoms with Crippen LogP contribution in [0.5, 0.6) is 0 Å². The quantitative estimate of drug-likeness (QED) is 0.884. The molecule has 2 aliphatic heterocycles. The van der Waals surface area contributed by atoms with Crippen LogP contribution in [0.25, 0.3) is 0 Å². The molecule has 2 aliphatic rings. The molecule has 0 amide bonds. The standard InChI is InChI=1S/C15H25N5O2S/c1-16-15-11-17-10-13(18-15)14-4-3-7-20(14)12-5-8-19(9-6-12)23(2,21)22/h10-12,14H,3-9H2,1-2H3,(H,16,18). The number of nitrogens with one attached hydrogen (secondary N) is 1. The van der Waals surface area contributed by atoms with E-state index in [0.717, 1.165) is 43.7 Å². The number of sulfonamides is 1. The van der Waals surface area contributed by atoms with Gasteiger partial charge in [-0.25, -0.2) is 17.7 Å². The lowest BCUT2D eigenvalue weighted by molar-refractivity contribution is 0.125. The first-order valence-electron chi connectivity index (χ1n) is 8.19. The predicted molar refractivity (Wildman–Crippen MR) is 89.7 cm³/mol. The van der Waals surface area contributed by atoms with Crippen molar-refractivity contribution in [3.8, 4) is 0 Å². The summed E-state index contributed by atoms with van der Waals surface area (Å²) in [7, 11) is -1.21. The first-order valence-corrected chi connectivity index (χ1v) is 10.0. The maximum absolute atomic E-state index is 11.7. The van der Waals surface area contributed by atoms with Crippen LogP contribution in [-0.4, -0.2) is 66.6 Å². The third-order valence-electron chi connectivity index (χ3n) is 4.91.